The van der Waals surface area contributed by atoms with Gasteiger partial charge in [0, 0.05) is 11.0 Å². The predicted octanol–water partition coefficient (Wildman–Crippen LogP) is 1.54. The number of hydrogen-bond donors (Lipinski definition) is 1. The molecule has 0 spiro atoms. The largest absolute Gasteiger partial charge is 0.465 e. The minimum absolute atomic E-state index is 0.0781. The van der Waals surface area contributed by atoms with Crippen LogP contribution in [0.15, 0.2) is 17.0 Å². The highest BCUT2D eigenvalue weighted by molar-refractivity contribution is 7.80. The molecule has 1 aromatic rings. The Bertz CT molecular complexity index is 507. The smallest absolute Gasteiger partial charge is 0.344 e. The Hall–Kier alpha value is -2.07. The highest BCUT2D eigenvalue weighted by Crippen LogP contribution is 2.26. The number of hydrogen-bond acceptors (Lipinski definition) is 6. The Kier molecular flexibility index (Phi) is 3.48. The lowest BCUT2D eigenvalue weighted by atomic mass is 10.1. The molecule has 0 radical (unpaired) electrons. The molecule has 0 saturated heterocycles. The van der Waals surface area contributed by atoms with Gasteiger partial charge in [-0.25, -0.2) is 4.79 Å². The van der Waals surface area contributed by atoms with E-state index in [2.05, 4.69) is 17.4 Å². The minimum atomic E-state index is -0.864. The molecule has 0 bridgehead atoms. The third-order valence-corrected chi connectivity index (χ3v) is 2.21. The average molecular weight is 238 g/mol. The third-order valence-electron chi connectivity index (χ3n) is 1.84. The van der Waals surface area contributed by atoms with Crippen molar-refractivity contribution in [3.63, 3.8) is 0 Å². The number of carbonyl (C=O) groups is 1. The van der Waals surface area contributed by atoms with Crippen molar-refractivity contribution in [2.24, 2.45) is 0 Å². The van der Waals surface area contributed by atoms with Gasteiger partial charge in [0.25, 0.3) is 5.69 Å². The molecule has 0 aliphatic rings. The molecule has 6 nitrogen and oxygen atoms in total. The molecule has 1 aromatic carbocycles. The molecule has 0 heterocycles. The van der Waals surface area contributed by atoms with Gasteiger partial charge >= 0.3 is 5.97 Å². The first-order valence-electron chi connectivity index (χ1n) is 4.01. The first kappa shape index (κ1) is 12.0. The number of nitrogens with zero attached hydrogens (tertiary/aromatic N) is 2. The molecular formula is C9H6N2O4S. The monoisotopic (exact) mass is 238 g/mol. The topological polar surface area (TPSA) is 93.2 Å². The van der Waals surface area contributed by atoms with Gasteiger partial charge < -0.3 is 4.74 Å². The second-order valence-corrected chi connectivity index (χ2v) is 3.23. The van der Waals surface area contributed by atoms with Gasteiger partial charge in [-0.2, -0.15) is 5.26 Å². The van der Waals surface area contributed by atoms with Crippen molar-refractivity contribution in [1.82, 2.24) is 0 Å². The van der Waals surface area contributed by atoms with Gasteiger partial charge in [-0.15, -0.1) is 12.6 Å². The number of rotatable bonds is 2. The molecule has 0 aromatic heterocycles. The molecule has 0 aliphatic carbocycles. The Balaban J connectivity index is 3.50. The molecule has 82 valence electrons. The summed E-state index contributed by atoms with van der Waals surface area (Å²) in [4.78, 5) is 21.3. The minimum Gasteiger partial charge on any atom is -0.465 e. The number of benzene rings is 1. The molecule has 0 saturated carbocycles. The molecule has 16 heavy (non-hydrogen) atoms. The molecule has 7 heteroatoms. The van der Waals surface area contributed by atoms with Crippen LogP contribution < -0.4 is 0 Å². The van der Waals surface area contributed by atoms with E-state index in [9.17, 15) is 14.9 Å². The van der Waals surface area contributed by atoms with E-state index in [4.69, 9.17) is 5.26 Å². The molecular weight excluding hydrogens is 232 g/mol. The van der Waals surface area contributed by atoms with E-state index in [1.165, 1.54) is 0 Å². The standard InChI is InChI=1S/C9H6N2O4S/c1-15-9(12)6-2-5(4-10)8(16)3-7(6)11(13)14/h2-3,16H,1H3. The fraction of sp³-hybridized carbons (Fsp3) is 0.111. The van der Waals surface area contributed by atoms with E-state index in [0.717, 1.165) is 19.2 Å². The van der Waals surface area contributed by atoms with Crippen LogP contribution in [0.4, 0.5) is 5.69 Å². The van der Waals surface area contributed by atoms with Crippen LogP contribution in [0.1, 0.15) is 15.9 Å². The van der Waals surface area contributed by atoms with Crippen LogP contribution in [0.3, 0.4) is 0 Å². The average Bonchev–Trinajstić information content (AvgIpc) is 2.27. The van der Waals surface area contributed by atoms with Crippen molar-refractivity contribution in [3.8, 4) is 6.07 Å². The maximum Gasteiger partial charge on any atom is 0.344 e. The van der Waals surface area contributed by atoms with E-state index >= 15 is 0 Å². The van der Waals surface area contributed by atoms with E-state index in [0.29, 0.717) is 0 Å². The summed E-state index contributed by atoms with van der Waals surface area (Å²) in [5.74, 6) is -0.864. The molecule has 0 atom stereocenters. The number of esters is 1. The summed E-state index contributed by atoms with van der Waals surface area (Å²) in [5, 5.41) is 19.4. The lowest BCUT2D eigenvalue weighted by Gasteiger charge is -2.03. The van der Waals surface area contributed by atoms with Crippen LogP contribution in [0.2, 0.25) is 0 Å². The highest BCUT2D eigenvalue weighted by atomic mass is 32.1. The molecule has 0 N–H and O–H groups in total. The number of nitriles is 1. The summed E-state index contributed by atoms with van der Waals surface area (Å²) in [7, 11) is 1.10. The summed E-state index contributed by atoms with van der Waals surface area (Å²) in [6.07, 6.45) is 0. The van der Waals surface area contributed by atoms with Crippen LogP contribution in [0, 0.1) is 21.4 Å². The van der Waals surface area contributed by atoms with Crippen LogP contribution in [0.25, 0.3) is 0 Å². The van der Waals surface area contributed by atoms with Crippen LogP contribution in [-0.4, -0.2) is 18.0 Å². The summed E-state index contributed by atoms with van der Waals surface area (Å²) in [5.41, 5.74) is -0.618. The lowest BCUT2D eigenvalue weighted by Crippen LogP contribution is -2.06. The third kappa shape index (κ3) is 2.12. The highest BCUT2D eigenvalue weighted by Gasteiger charge is 2.23. The fourth-order valence-electron chi connectivity index (χ4n) is 1.09. The van der Waals surface area contributed by atoms with Gasteiger partial charge in [0.15, 0.2) is 0 Å². The van der Waals surface area contributed by atoms with Crippen molar-refractivity contribution in [3.05, 3.63) is 33.4 Å². The second-order valence-electron chi connectivity index (χ2n) is 2.75. The van der Waals surface area contributed by atoms with Gasteiger partial charge in [0.2, 0.25) is 0 Å². The number of nitro groups is 1. The number of nitro benzene ring substituents is 1. The molecule has 1 rings (SSSR count). The fourth-order valence-corrected chi connectivity index (χ4v) is 1.33. The zero-order valence-electron chi connectivity index (χ0n) is 8.13. The van der Waals surface area contributed by atoms with E-state index in [-0.39, 0.29) is 16.0 Å². The maximum absolute atomic E-state index is 11.3. The van der Waals surface area contributed by atoms with Gasteiger partial charge in [-0.1, -0.05) is 0 Å². The Morgan fingerprint density at radius 3 is 2.69 bits per heavy atom. The summed E-state index contributed by atoms with van der Waals surface area (Å²) in [6.45, 7) is 0. The SMILES string of the molecule is COC(=O)c1cc(C#N)c(S)cc1[N+](=O)[O-]. The van der Waals surface area contributed by atoms with Crippen molar-refractivity contribution in [2.45, 2.75) is 4.90 Å². The van der Waals surface area contributed by atoms with Crippen LogP contribution >= 0.6 is 12.6 Å². The molecule has 0 fully saturated rings. The molecule has 0 amide bonds. The van der Waals surface area contributed by atoms with Crippen LogP contribution in [-0.2, 0) is 4.74 Å². The molecule has 0 unspecified atom stereocenters. The maximum atomic E-state index is 11.3. The summed E-state index contributed by atoms with van der Waals surface area (Å²) >= 11 is 3.91. The zero-order chi connectivity index (χ0) is 12.3. The quantitative estimate of drug-likeness (QED) is 0.365. The summed E-state index contributed by atoms with van der Waals surface area (Å²) < 4.78 is 4.39. The summed E-state index contributed by atoms with van der Waals surface area (Å²) in [6, 6.07) is 3.91. The predicted molar refractivity (Wildman–Crippen MR) is 56.4 cm³/mol. The Morgan fingerprint density at radius 2 is 2.25 bits per heavy atom. The number of ether oxygens (including phenoxy) is 1. The van der Waals surface area contributed by atoms with Gasteiger partial charge in [0.05, 0.1) is 17.6 Å². The number of methoxy groups -OCH3 is 1. The zero-order valence-corrected chi connectivity index (χ0v) is 9.02. The lowest BCUT2D eigenvalue weighted by molar-refractivity contribution is -0.385. The van der Waals surface area contributed by atoms with Crippen molar-refractivity contribution < 1.29 is 14.5 Å². The first-order valence-corrected chi connectivity index (χ1v) is 4.45. The van der Waals surface area contributed by atoms with Crippen molar-refractivity contribution in [2.75, 3.05) is 7.11 Å². The second kappa shape index (κ2) is 4.63. The number of thiol groups is 1. The molecule has 0 aliphatic heterocycles. The van der Waals surface area contributed by atoms with Crippen LogP contribution in [0.5, 0.6) is 0 Å². The van der Waals surface area contributed by atoms with Gasteiger partial charge in [0.1, 0.15) is 11.6 Å². The van der Waals surface area contributed by atoms with Crippen molar-refractivity contribution >= 4 is 24.3 Å². The van der Waals surface area contributed by atoms with Gasteiger partial charge in [-0.3, -0.25) is 10.1 Å². The Labute approximate surface area is 96.0 Å². The van der Waals surface area contributed by atoms with Crippen molar-refractivity contribution in [1.29, 1.82) is 5.26 Å². The van der Waals surface area contributed by atoms with E-state index < -0.39 is 16.6 Å². The number of carbonyl (C=O) groups excluding carboxylic acids is 1. The van der Waals surface area contributed by atoms with Gasteiger partial charge in [-0.05, 0) is 6.07 Å². The normalized spacial score (nSPS) is 9.31. The first-order chi connectivity index (χ1) is 7.51. The van der Waals surface area contributed by atoms with E-state index in [1.54, 1.807) is 6.07 Å². The van der Waals surface area contributed by atoms with E-state index in [1.807, 2.05) is 0 Å². The Morgan fingerprint density at radius 1 is 1.62 bits per heavy atom.